The summed E-state index contributed by atoms with van der Waals surface area (Å²) in [6.45, 7) is 4.83. The third-order valence-corrected chi connectivity index (χ3v) is 14.1. The Hall–Kier alpha value is -8.20. The van der Waals surface area contributed by atoms with E-state index in [-0.39, 0.29) is 5.41 Å². The summed E-state index contributed by atoms with van der Waals surface area (Å²) in [5.74, 6) is 0. The average Bonchev–Trinajstić information content (AvgIpc) is 3.82. The molecule has 65 heavy (non-hydrogen) atoms. The fourth-order valence-electron chi connectivity index (χ4n) is 10.9. The number of aromatic nitrogens is 1. The van der Waals surface area contributed by atoms with Crippen molar-refractivity contribution in [2.24, 2.45) is 0 Å². The minimum atomic E-state index is -0.273. The van der Waals surface area contributed by atoms with Gasteiger partial charge in [0.2, 0.25) is 0 Å². The summed E-state index contributed by atoms with van der Waals surface area (Å²) >= 11 is 0. The van der Waals surface area contributed by atoms with Crippen molar-refractivity contribution in [3.05, 3.63) is 242 Å². The number of rotatable bonds is 6. The van der Waals surface area contributed by atoms with Crippen molar-refractivity contribution in [2.45, 2.75) is 19.3 Å². The molecule has 0 bridgehead atoms. The lowest BCUT2D eigenvalue weighted by Crippen LogP contribution is -2.17. The van der Waals surface area contributed by atoms with E-state index in [0.717, 1.165) is 11.4 Å². The van der Waals surface area contributed by atoms with Crippen LogP contribution in [0.1, 0.15) is 25.0 Å². The molecule has 306 valence electrons. The van der Waals surface area contributed by atoms with Gasteiger partial charge in [-0.25, -0.2) is 0 Å². The molecule has 12 aromatic rings. The van der Waals surface area contributed by atoms with E-state index in [0.29, 0.717) is 0 Å². The van der Waals surface area contributed by atoms with Gasteiger partial charge in [-0.1, -0.05) is 184 Å². The van der Waals surface area contributed by atoms with Gasteiger partial charge in [0.25, 0.3) is 0 Å². The Morgan fingerprint density at radius 3 is 1.72 bits per heavy atom. The van der Waals surface area contributed by atoms with E-state index in [9.17, 15) is 0 Å². The second kappa shape index (κ2) is 14.4. The van der Waals surface area contributed by atoms with E-state index in [1.165, 1.54) is 110 Å². The first-order valence-electron chi connectivity index (χ1n) is 22.7. The maximum atomic E-state index is 2.50. The van der Waals surface area contributed by atoms with E-state index in [4.69, 9.17) is 0 Å². The third-order valence-electron chi connectivity index (χ3n) is 14.1. The summed E-state index contributed by atoms with van der Waals surface area (Å²) in [5, 5.41) is 10.0. The molecule has 0 atom stereocenters. The quantitative estimate of drug-likeness (QED) is 0.152. The highest BCUT2D eigenvalue weighted by Gasteiger charge is 2.38. The van der Waals surface area contributed by atoms with E-state index >= 15 is 0 Å². The Kier molecular flexibility index (Phi) is 8.29. The Bertz CT molecular complexity index is 3840. The second-order valence-electron chi connectivity index (χ2n) is 18.1. The summed E-state index contributed by atoms with van der Waals surface area (Å²) in [5.41, 5.74) is 16.9. The van der Waals surface area contributed by atoms with Crippen LogP contribution in [-0.2, 0) is 5.41 Å². The van der Waals surface area contributed by atoms with Gasteiger partial charge in [-0.15, -0.1) is 0 Å². The Balaban J connectivity index is 0.991. The zero-order valence-electron chi connectivity index (χ0n) is 36.3. The molecule has 0 unspecified atom stereocenters. The average molecular weight is 829 g/mol. The van der Waals surface area contributed by atoms with Crippen LogP contribution < -0.4 is 4.90 Å². The van der Waals surface area contributed by atoms with Crippen LogP contribution in [0, 0.1) is 0 Å². The molecular weight excluding hydrogens is 785 g/mol. The van der Waals surface area contributed by atoms with Crippen LogP contribution in [0.15, 0.2) is 231 Å². The first-order valence-corrected chi connectivity index (χ1v) is 22.7. The molecule has 0 fully saturated rings. The predicted molar refractivity (Wildman–Crippen MR) is 276 cm³/mol. The van der Waals surface area contributed by atoms with Gasteiger partial charge in [-0.2, -0.15) is 0 Å². The second-order valence-corrected chi connectivity index (χ2v) is 18.1. The highest BCUT2D eigenvalue weighted by Crippen LogP contribution is 2.55. The maximum absolute atomic E-state index is 2.50. The van der Waals surface area contributed by atoms with Crippen LogP contribution in [0.2, 0.25) is 0 Å². The molecule has 1 aliphatic rings. The summed E-state index contributed by atoms with van der Waals surface area (Å²) in [4.78, 5) is 2.49. The summed E-state index contributed by atoms with van der Waals surface area (Å²) < 4.78 is 2.41. The Morgan fingerprint density at radius 2 is 0.923 bits per heavy atom. The van der Waals surface area contributed by atoms with Gasteiger partial charge in [-0.3, -0.25) is 0 Å². The van der Waals surface area contributed by atoms with E-state index in [1.54, 1.807) is 0 Å². The lowest BCUT2D eigenvalue weighted by Gasteiger charge is -2.30. The number of nitrogens with zero attached hydrogens (tertiary/aromatic N) is 2. The zero-order valence-corrected chi connectivity index (χ0v) is 36.3. The number of hydrogen-bond acceptors (Lipinski definition) is 1. The van der Waals surface area contributed by atoms with Crippen molar-refractivity contribution >= 4 is 71.2 Å². The van der Waals surface area contributed by atoms with Crippen molar-refractivity contribution in [3.8, 4) is 39.1 Å². The molecule has 1 aliphatic carbocycles. The van der Waals surface area contributed by atoms with Gasteiger partial charge in [0, 0.05) is 38.6 Å². The predicted octanol–water partition coefficient (Wildman–Crippen LogP) is 17.4. The molecule has 2 heteroatoms. The Morgan fingerprint density at radius 1 is 0.354 bits per heavy atom. The zero-order chi connectivity index (χ0) is 43.2. The lowest BCUT2D eigenvalue weighted by molar-refractivity contribution is 0.661. The number of hydrogen-bond donors (Lipinski definition) is 0. The molecule has 0 amide bonds. The van der Waals surface area contributed by atoms with Gasteiger partial charge in [0.05, 0.1) is 16.7 Å². The van der Waals surface area contributed by atoms with Crippen LogP contribution in [-0.4, -0.2) is 4.57 Å². The molecule has 1 aromatic heterocycles. The van der Waals surface area contributed by atoms with Crippen molar-refractivity contribution in [1.29, 1.82) is 0 Å². The first-order chi connectivity index (χ1) is 32.0. The van der Waals surface area contributed by atoms with Crippen LogP contribution in [0.25, 0.3) is 93.2 Å². The number of fused-ring (bicyclic) bond motifs is 11. The van der Waals surface area contributed by atoms with Gasteiger partial charge in [0.15, 0.2) is 0 Å². The van der Waals surface area contributed by atoms with Gasteiger partial charge >= 0.3 is 0 Å². The van der Waals surface area contributed by atoms with E-state index in [1.807, 2.05) is 0 Å². The molecule has 0 aliphatic heterocycles. The molecule has 2 nitrogen and oxygen atoms in total. The molecule has 11 aromatic carbocycles. The summed E-state index contributed by atoms with van der Waals surface area (Å²) in [6, 6.07) is 85.2. The van der Waals surface area contributed by atoms with Crippen molar-refractivity contribution in [2.75, 3.05) is 4.90 Å². The molecule has 0 radical (unpaired) electrons. The van der Waals surface area contributed by atoms with Gasteiger partial charge in [-0.05, 0) is 132 Å². The fraction of sp³-hybridized carbons (Fsp3) is 0.0476. The van der Waals surface area contributed by atoms with Crippen molar-refractivity contribution < 1.29 is 0 Å². The smallest absolute Gasteiger partial charge is 0.0547 e. The SMILES string of the molecule is CC1(C)c2cc(-c3ccc4c5ccccc5n(-c5ccccc5)c4c3)ccc2-c2c1cc(N(c1ccc(-c3ccccc3)cc1)c1ccc3ccc4ccccc4c3c1)c1ccccc21. The molecule has 0 saturated heterocycles. The molecule has 1 heterocycles. The maximum Gasteiger partial charge on any atom is 0.0547 e. The standard InChI is InChI=1S/C63H44N2/c1-63(2)57-37-45(46-30-35-53-51-21-13-14-24-59(51)65(60(53)38-46)47-18-7-4-8-19-47)31-36-55(57)62-54-23-12-11-22-52(54)61(40-58(62)63)64(48-32-27-42(28-33-48)41-15-5-3-6-16-41)49-34-29-44-26-25-43-17-9-10-20-50(43)56(44)39-49/h3-40H,1-2H3. The highest BCUT2D eigenvalue weighted by atomic mass is 15.1. The summed E-state index contributed by atoms with van der Waals surface area (Å²) in [7, 11) is 0. The van der Waals surface area contributed by atoms with Crippen LogP contribution in [0.5, 0.6) is 0 Å². The van der Waals surface area contributed by atoms with Crippen LogP contribution >= 0.6 is 0 Å². The number of anilines is 3. The number of benzene rings is 11. The van der Waals surface area contributed by atoms with Gasteiger partial charge in [0.1, 0.15) is 0 Å². The molecule has 0 spiro atoms. The highest BCUT2D eigenvalue weighted by molar-refractivity contribution is 6.13. The lowest BCUT2D eigenvalue weighted by atomic mass is 9.81. The molecule has 0 N–H and O–H groups in total. The van der Waals surface area contributed by atoms with E-state index in [2.05, 4.69) is 254 Å². The topological polar surface area (TPSA) is 8.17 Å². The van der Waals surface area contributed by atoms with Crippen molar-refractivity contribution in [1.82, 2.24) is 4.57 Å². The fourth-order valence-corrected chi connectivity index (χ4v) is 10.9. The monoisotopic (exact) mass is 828 g/mol. The largest absolute Gasteiger partial charge is 0.310 e. The minimum Gasteiger partial charge on any atom is -0.310 e. The third kappa shape index (κ3) is 5.81. The minimum absolute atomic E-state index is 0.273. The molecule has 13 rings (SSSR count). The van der Waals surface area contributed by atoms with Crippen molar-refractivity contribution in [3.63, 3.8) is 0 Å². The van der Waals surface area contributed by atoms with Crippen LogP contribution in [0.3, 0.4) is 0 Å². The molecule has 0 saturated carbocycles. The Labute approximate surface area is 378 Å². The molecular formula is C63H44N2. The first kappa shape index (κ1) is 37.4. The van der Waals surface area contributed by atoms with Crippen LogP contribution in [0.4, 0.5) is 17.1 Å². The summed E-state index contributed by atoms with van der Waals surface area (Å²) in [6.07, 6.45) is 0. The number of para-hydroxylation sites is 2. The van der Waals surface area contributed by atoms with Gasteiger partial charge < -0.3 is 9.47 Å². The normalized spacial score (nSPS) is 12.9. The van der Waals surface area contributed by atoms with E-state index < -0.39 is 0 Å².